The van der Waals surface area contributed by atoms with Crippen molar-refractivity contribution >= 4 is 12.0 Å². The predicted molar refractivity (Wildman–Crippen MR) is 64.9 cm³/mol. The number of carboxylic acids is 1. The van der Waals surface area contributed by atoms with E-state index in [0.29, 0.717) is 0 Å². The minimum atomic E-state index is -0.827. The number of imidazole rings is 1. The first kappa shape index (κ1) is 11.1. The Kier molecular flexibility index (Phi) is 3.35. The number of hydrogen-bond donors (Lipinski definition) is 1. The van der Waals surface area contributed by atoms with E-state index in [-0.39, 0.29) is 6.42 Å². The molecule has 17 heavy (non-hydrogen) atoms. The molecule has 0 aliphatic heterocycles. The summed E-state index contributed by atoms with van der Waals surface area (Å²) in [4.78, 5) is 14.4. The number of rotatable bonds is 4. The van der Waals surface area contributed by atoms with Gasteiger partial charge in [0, 0.05) is 18.1 Å². The number of aromatic nitrogens is 2. The van der Waals surface area contributed by atoms with Crippen LogP contribution in [0.1, 0.15) is 12.0 Å². The van der Waals surface area contributed by atoms with Crippen LogP contribution in [0.4, 0.5) is 0 Å². The van der Waals surface area contributed by atoms with E-state index in [1.165, 1.54) is 0 Å². The van der Waals surface area contributed by atoms with Crippen LogP contribution in [0.25, 0.3) is 11.8 Å². The number of carbonyl (C=O) groups is 1. The summed E-state index contributed by atoms with van der Waals surface area (Å²) in [5.74, 6) is -0.827. The first-order valence-electron chi connectivity index (χ1n) is 5.22. The molecule has 1 aromatic carbocycles. The van der Waals surface area contributed by atoms with Gasteiger partial charge in [0.15, 0.2) is 0 Å². The maximum Gasteiger partial charge on any atom is 0.307 e. The Morgan fingerprint density at radius 1 is 1.47 bits per heavy atom. The van der Waals surface area contributed by atoms with E-state index in [9.17, 15) is 4.79 Å². The minimum Gasteiger partial charge on any atom is -0.481 e. The molecule has 0 amide bonds. The van der Waals surface area contributed by atoms with Gasteiger partial charge in [0.05, 0.1) is 12.7 Å². The van der Waals surface area contributed by atoms with Crippen molar-refractivity contribution in [1.29, 1.82) is 0 Å². The summed E-state index contributed by atoms with van der Waals surface area (Å²) in [5, 5.41) is 8.53. The Hall–Kier alpha value is -2.36. The van der Waals surface area contributed by atoms with E-state index in [4.69, 9.17) is 5.11 Å². The third-order valence-corrected chi connectivity index (χ3v) is 2.28. The van der Waals surface area contributed by atoms with E-state index in [1.54, 1.807) is 24.7 Å². The lowest BCUT2D eigenvalue weighted by atomic mass is 10.2. The molecule has 0 unspecified atom stereocenters. The van der Waals surface area contributed by atoms with Crippen LogP contribution in [0, 0.1) is 0 Å². The lowest BCUT2D eigenvalue weighted by Gasteiger charge is -2.02. The highest BCUT2D eigenvalue weighted by Gasteiger charge is 1.96. The standard InChI is InChI=1S/C13H12N2O2/c16-13(17)6-2-4-11-3-1-5-12(9-11)15-8-7-14-10-15/h1-5,7-10H,6H2,(H,16,17). The molecule has 4 heteroatoms. The van der Waals surface area contributed by atoms with Gasteiger partial charge in [-0.3, -0.25) is 4.79 Å². The van der Waals surface area contributed by atoms with Crippen LogP contribution >= 0.6 is 0 Å². The van der Waals surface area contributed by atoms with Crippen LogP contribution in [0.5, 0.6) is 0 Å². The molecule has 0 fully saturated rings. The lowest BCUT2D eigenvalue weighted by molar-refractivity contribution is -0.135. The zero-order chi connectivity index (χ0) is 12.1. The Bertz CT molecular complexity index is 530. The van der Waals surface area contributed by atoms with Gasteiger partial charge < -0.3 is 9.67 Å². The van der Waals surface area contributed by atoms with Crippen LogP contribution in [0.3, 0.4) is 0 Å². The number of hydrogen-bond acceptors (Lipinski definition) is 2. The molecule has 0 bridgehead atoms. The number of carboxylic acid groups (broad SMARTS) is 1. The second-order valence-electron chi connectivity index (χ2n) is 3.57. The molecule has 4 nitrogen and oxygen atoms in total. The summed E-state index contributed by atoms with van der Waals surface area (Å²) < 4.78 is 1.90. The van der Waals surface area contributed by atoms with E-state index >= 15 is 0 Å². The first-order chi connectivity index (χ1) is 8.25. The number of benzene rings is 1. The third-order valence-electron chi connectivity index (χ3n) is 2.28. The molecule has 1 aromatic heterocycles. The quantitative estimate of drug-likeness (QED) is 0.873. The highest BCUT2D eigenvalue weighted by Crippen LogP contribution is 2.11. The maximum absolute atomic E-state index is 10.4. The van der Waals surface area contributed by atoms with Crippen molar-refractivity contribution in [2.45, 2.75) is 6.42 Å². The van der Waals surface area contributed by atoms with E-state index in [2.05, 4.69) is 4.98 Å². The normalized spacial score (nSPS) is 10.8. The molecular formula is C13H12N2O2. The molecule has 0 spiro atoms. The number of nitrogens with zero attached hydrogens (tertiary/aromatic N) is 2. The molecule has 2 rings (SSSR count). The fourth-order valence-electron chi connectivity index (χ4n) is 1.50. The van der Waals surface area contributed by atoms with Crippen molar-refractivity contribution in [3.8, 4) is 5.69 Å². The van der Waals surface area contributed by atoms with E-state index < -0.39 is 5.97 Å². The van der Waals surface area contributed by atoms with Gasteiger partial charge in [-0.2, -0.15) is 0 Å². The van der Waals surface area contributed by atoms with Crippen LogP contribution in [-0.4, -0.2) is 20.6 Å². The van der Waals surface area contributed by atoms with Crippen LogP contribution in [-0.2, 0) is 4.79 Å². The second kappa shape index (κ2) is 5.12. The first-order valence-corrected chi connectivity index (χ1v) is 5.22. The van der Waals surface area contributed by atoms with Crippen LogP contribution < -0.4 is 0 Å². The Morgan fingerprint density at radius 3 is 3.06 bits per heavy atom. The largest absolute Gasteiger partial charge is 0.481 e. The highest BCUT2D eigenvalue weighted by molar-refractivity contribution is 5.70. The van der Waals surface area contributed by atoms with Gasteiger partial charge in [0.2, 0.25) is 0 Å². The Labute approximate surface area is 98.9 Å². The van der Waals surface area contributed by atoms with Crippen LogP contribution in [0.15, 0.2) is 49.1 Å². The molecule has 0 radical (unpaired) electrons. The van der Waals surface area contributed by atoms with Crippen molar-refractivity contribution in [3.63, 3.8) is 0 Å². The molecule has 1 heterocycles. The fourth-order valence-corrected chi connectivity index (χ4v) is 1.50. The highest BCUT2D eigenvalue weighted by atomic mass is 16.4. The molecular weight excluding hydrogens is 216 g/mol. The van der Waals surface area contributed by atoms with Crippen molar-refractivity contribution in [2.24, 2.45) is 0 Å². The van der Waals surface area contributed by atoms with Crippen molar-refractivity contribution in [2.75, 3.05) is 0 Å². The summed E-state index contributed by atoms with van der Waals surface area (Å²) >= 11 is 0. The summed E-state index contributed by atoms with van der Waals surface area (Å²) in [6, 6.07) is 7.80. The zero-order valence-corrected chi connectivity index (χ0v) is 9.15. The average Bonchev–Trinajstić information content (AvgIpc) is 2.82. The Morgan fingerprint density at radius 2 is 2.35 bits per heavy atom. The van der Waals surface area contributed by atoms with Gasteiger partial charge in [-0.05, 0) is 17.7 Å². The fraction of sp³-hybridized carbons (Fsp3) is 0.0769. The van der Waals surface area contributed by atoms with Gasteiger partial charge in [-0.15, -0.1) is 0 Å². The van der Waals surface area contributed by atoms with Crippen LogP contribution in [0.2, 0.25) is 0 Å². The summed E-state index contributed by atoms with van der Waals surface area (Å²) in [7, 11) is 0. The summed E-state index contributed by atoms with van der Waals surface area (Å²) in [6.07, 6.45) is 8.77. The molecule has 86 valence electrons. The minimum absolute atomic E-state index is 0.0370. The SMILES string of the molecule is O=C(O)CC=Cc1cccc(-n2ccnc2)c1. The molecule has 0 saturated carbocycles. The molecule has 0 aliphatic carbocycles. The molecule has 1 N–H and O–H groups in total. The maximum atomic E-state index is 10.4. The van der Waals surface area contributed by atoms with Gasteiger partial charge in [-0.1, -0.05) is 24.3 Å². The van der Waals surface area contributed by atoms with E-state index in [0.717, 1.165) is 11.3 Å². The van der Waals surface area contributed by atoms with Gasteiger partial charge in [-0.25, -0.2) is 4.98 Å². The van der Waals surface area contributed by atoms with Crippen molar-refractivity contribution in [3.05, 3.63) is 54.6 Å². The van der Waals surface area contributed by atoms with Crippen molar-refractivity contribution < 1.29 is 9.90 Å². The molecule has 0 aliphatic rings. The van der Waals surface area contributed by atoms with Crippen molar-refractivity contribution in [1.82, 2.24) is 9.55 Å². The molecule has 0 atom stereocenters. The van der Waals surface area contributed by atoms with E-state index in [1.807, 2.05) is 35.0 Å². The Balaban J connectivity index is 2.17. The third kappa shape index (κ3) is 3.04. The molecule has 0 saturated heterocycles. The second-order valence-corrected chi connectivity index (χ2v) is 3.57. The predicted octanol–water partition coefficient (Wildman–Crippen LogP) is 2.36. The van der Waals surface area contributed by atoms with Gasteiger partial charge in [0.1, 0.15) is 0 Å². The topological polar surface area (TPSA) is 55.1 Å². The smallest absolute Gasteiger partial charge is 0.307 e. The summed E-state index contributed by atoms with van der Waals surface area (Å²) in [5.41, 5.74) is 1.97. The summed E-state index contributed by atoms with van der Waals surface area (Å²) in [6.45, 7) is 0. The monoisotopic (exact) mass is 228 g/mol. The lowest BCUT2D eigenvalue weighted by Crippen LogP contribution is -1.91. The van der Waals surface area contributed by atoms with Gasteiger partial charge >= 0.3 is 5.97 Å². The zero-order valence-electron chi connectivity index (χ0n) is 9.15. The number of aliphatic carboxylic acids is 1. The average molecular weight is 228 g/mol. The van der Waals surface area contributed by atoms with Gasteiger partial charge in [0.25, 0.3) is 0 Å². The molecule has 2 aromatic rings.